The van der Waals surface area contributed by atoms with E-state index in [1.54, 1.807) is 6.21 Å². The van der Waals surface area contributed by atoms with E-state index in [-0.39, 0.29) is 12.7 Å². The number of benzene rings is 2. The van der Waals surface area contributed by atoms with E-state index in [0.717, 1.165) is 21.8 Å². The number of hydrazone groups is 1. The molecule has 0 atom stereocenters. The van der Waals surface area contributed by atoms with Crippen molar-refractivity contribution in [1.82, 2.24) is 5.43 Å². The molecule has 1 aliphatic rings. The predicted molar refractivity (Wildman–Crippen MR) is 90.2 cm³/mol. The van der Waals surface area contributed by atoms with Crippen LogP contribution in [0.3, 0.4) is 0 Å². The number of amides is 1. The molecule has 0 saturated carbocycles. The highest BCUT2D eigenvalue weighted by Gasteiger charge is 2.12. The maximum atomic E-state index is 11.8. The predicted octanol–water partition coefficient (Wildman–Crippen LogP) is 2.97. The molecule has 2 aromatic carbocycles. The van der Waals surface area contributed by atoms with Gasteiger partial charge in [-0.05, 0) is 42.3 Å². The summed E-state index contributed by atoms with van der Waals surface area (Å²) in [6.45, 7) is 2.26. The SMILES string of the molecule is Cc1ccccc1SCC(=O)N/N=C/c1ccc2c(c1)OCO2. The number of nitrogens with one attached hydrogen (secondary N) is 1. The minimum Gasteiger partial charge on any atom is -0.454 e. The van der Waals surface area contributed by atoms with Gasteiger partial charge in [0.1, 0.15) is 0 Å². The minimum absolute atomic E-state index is 0.143. The number of ether oxygens (including phenoxy) is 2. The number of hydrogen-bond donors (Lipinski definition) is 1. The number of thioether (sulfide) groups is 1. The molecule has 0 fully saturated rings. The van der Waals surface area contributed by atoms with Gasteiger partial charge in [-0.3, -0.25) is 4.79 Å². The highest BCUT2D eigenvalue weighted by molar-refractivity contribution is 8.00. The van der Waals surface area contributed by atoms with E-state index in [1.807, 2.05) is 49.4 Å². The quantitative estimate of drug-likeness (QED) is 0.521. The van der Waals surface area contributed by atoms with E-state index in [0.29, 0.717) is 11.5 Å². The Bertz CT molecular complexity index is 746. The van der Waals surface area contributed by atoms with Gasteiger partial charge in [0.25, 0.3) is 0 Å². The van der Waals surface area contributed by atoms with E-state index < -0.39 is 0 Å². The Balaban J connectivity index is 1.50. The standard InChI is InChI=1S/C17H16N2O3S/c1-12-4-2-3-5-16(12)23-10-17(20)19-18-9-13-6-7-14-15(8-13)22-11-21-14/h2-9H,10-11H2,1H3,(H,19,20)/b18-9+. The highest BCUT2D eigenvalue weighted by Crippen LogP contribution is 2.31. The number of carbonyl (C=O) groups excluding carboxylic acids is 1. The van der Waals surface area contributed by atoms with Crippen LogP contribution in [0.4, 0.5) is 0 Å². The first-order chi connectivity index (χ1) is 11.2. The van der Waals surface area contributed by atoms with Crippen LogP contribution in [-0.2, 0) is 4.79 Å². The van der Waals surface area contributed by atoms with Crippen LogP contribution >= 0.6 is 11.8 Å². The first-order valence-electron chi connectivity index (χ1n) is 7.12. The molecular formula is C17H16N2O3S. The molecule has 0 bridgehead atoms. The molecule has 6 heteroatoms. The van der Waals surface area contributed by atoms with E-state index >= 15 is 0 Å². The number of aryl methyl sites for hydroxylation is 1. The monoisotopic (exact) mass is 328 g/mol. The van der Waals surface area contributed by atoms with Crippen molar-refractivity contribution >= 4 is 23.9 Å². The fourth-order valence-electron chi connectivity index (χ4n) is 2.07. The van der Waals surface area contributed by atoms with E-state index in [4.69, 9.17) is 9.47 Å². The summed E-state index contributed by atoms with van der Waals surface area (Å²) in [7, 11) is 0. The number of hydrogen-bond acceptors (Lipinski definition) is 5. The van der Waals surface area contributed by atoms with Gasteiger partial charge in [0.2, 0.25) is 12.7 Å². The fourth-order valence-corrected chi connectivity index (χ4v) is 2.89. The van der Waals surface area contributed by atoms with Crippen molar-refractivity contribution < 1.29 is 14.3 Å². The van der Waals surface area contributed by atoms with Gasteiger partial charge in [-0.1, -0.05) is 18.2 Å². The highest BCUT2D eigenvalue weighted by atomic mass is 32.2. The minimum atomic E-state index is -0.143. The number of fused-ring (bicyclic) bond motifs is 1. The van der Waals surface area contributed by atoms with Gasteiger partial charge < -0.3 is 9.47 Å². The molecule has 0 aliphatic carbocycles. The van der Waals surface area contributed by atoms with Crippen LogP contribution in [0.2, 0.25) is 0 Å². The van der Waals surface area contributed by atoms with Crippen LogP contribution in [-0.4, -0.2) is 24.7 Å². The molecule has 0 radical (unpaired) electrons. The van der Waals surface area contributed by atoms with Crippen LogP contribution in [0, 0.1) is 6.92 Å². The van der Waals surface area contributed by atoms with Crippen molar-refractivity contribution in [3.63, 3.8) is 0 Å². The van der Waals surface area contributed by atoms with Crippen LogP contribution < -0.4 is 14.9 Å². The van der Waals surface area contributed by atoms with Gasteiger partial charge in [-0.15, -0.1) is 11.8 Å². The Morgan fingerprint density at radius 3 is 2.96 bits per heavy atom. The zero-order valence-corrected chi connectivity index (χ0v) is 13.4. The molecule has 1 heterocycles. The van der Waals surface area contributed by atoms with Crippen LogP contribution in [0.25, 0.3) is 0 Å². The van der Waals surface area contributed by atoms with E-state index in [9.17, 15) is 4.79 Å². The first-order valence-corrected chi connectivity index (χ1v) is 8.11. The largest absolute Gasteiger partial charge is 0.454 e. The smallest absolute Gasteiger partial charge is 0.250 e. The Kier molecular flexibility index (Phi) is 4.83. The van der Waals surface area contributed by atoms with Crippen molar-refractivity contribution in [3.05, 3.63) is 53.6 Å². The maximum Gasteiger partial charge on any atom is 0.250 e. The molecule has 3 rings (SSSR count). The van der Waals surface area contributed by atoms with E-state index in [1.165, 1.54) is 11.8 Å². The summed E-state index contributed by atoms with van der Waals surface area (Å²) in [5, 5.41) is 3.97. The molecule has 118 valence electrons. The maximum absolute atomic E-state index is 11.8. The summed E-state index contributed by atoms with van der Waals surface area (Å²) in [4.78, 5) is 12.9. The summed E-state index contributed by atoms with van der Waals surface area (Å²) < 4.78 is 10.5. The average Bonchev–Trinajstić information content (AvgIpc) is 3.02. The number of nitrogens with zero attached hydrogens (tertiary/aromatic N) is 1. The lowest BCUT2D eigenvalue weighted by molar-refractivity contribution is -0.118. The van der Waals surface area contributed by atoms with Gasteiger partial charge in [0, 0.05) is 4.90 Å². The third-order valence-corrected chi connectivity index (χ3v) is 4.43. The van der Waals surface area contributed by atoms with Crippen LogP contribution in [0.1, 0.15) is 11.1 Å². The second-order valence-electron chi connectivity index (χ2n) is 4.96. The van der Waals surface area contributed by atoms with Crippen molar-refractivity contribution in [1.29, 1.82) is 0 Å². The second kappa shape index (κ2) is 7.19. The third-order valence-electron chi connectivity index (χ3n) is 3.25. The van der Waals surface area contributed by atoms with Gasteiger partial charge >= 0.3 is 0 Å². The lowest BCUT2D eigenvalue weighted by Gasteiger charge is -2.04. The lowest BCUT2D eigenvalue weighted by Crippen LogP contribution is -2.19. The Morgan fingerprint density at radius 1 is 1.26 bits per heavy atom. The van der Waals surface area contributed by atoms with E-state index in [2.05, 4.69) is 10.5 Å². The normalized spacial score (nSPS) is 12.6. The molecule has 1 aliphatic heterocycles. The van der Waals surface area contributed by atoms with Gasteiger partial charge in [-0.25, -0.2) is 5.43 Å². The molecule has 0 spiro atoms. The van der Waals surface area contributed by atoms with Gasteiger partial charge in [-0.2, -0.15) is 5.10 Å². The first kappa shape index (κ1) is 15.4. The molecule has 5 nitrogen and oxygen atoms in total. The summed E-state index contributed by atoms with van der Waals surface area (Å²) >= 11 is 1.50. The summed E-state index contributed by atoms with van der Waals surface area (Å²) in [5.74, 6) is 1.59. The zero-order valence-electron chi connectivity index (χ0n) is 12.6. The Hall–Kier alpha value is -2.47. The molecule has 0 unspecified atom stereocenters. The van der Waals surface area contributed by atoms with Crippen LogP contribution in [0.15, 0.2) is 52.5 Å². The fraction of sp³-hybridized carbons (Fsp3) is 0.176. The zero-order chi connectivity index (χ0) is 16.1. The third kappa shape index (κ3) is 4.04. The second-order valence-corrected chi connectivity index (χ2v) is 5.98. The summed E-state index contributed by atoms with van der Waals surface area (Å²) in [6, 6.07) is 13.5. The molecule has 23 heavy (non-hydrogen) atoms. The molecule has 1 amide bonds. The average molecular weight is 328 g/mol. The molecule has 2 aromatic rings. The van der Waals surface area contributed by atoms with Crippen molar-refractivity contribution in [2.75, 3.05) is 12.5 Å². The molecular weight excluding hydrogens is 312 g/mol. The van der Waals surface area contributed by atoms with Gasteiger partial charge in [0.05, 0.1) is 12.0 Å². The van der Waals surface area contributed by atoms with Crippen molar-refractivity contribution in [3.8, 4) is 11.5 Å². The summed E-state index contributed by atoms with van der Waals surface area (Å²) in [5.41, 5.74) is 4.52. The molecule has 0 saturated heterocycles. The van der Waals surface area contributed by atoms with Crippen molar-refractivity contribution in [2.24, 2.45) is 5.10 Å². The number of carbonyl (C=O) groups is 1. The topological polar surface area (TPSA) is 59.9 Å². The Morgan fingerprint density at radius 2 is 2.09 bits per heavy atom. The Labute approximate surface area is 138 Å². The van der Waals surface area contributed by atoms with Crippen molar-refractivity contribution in [2.45, 2.75) is 11.8 Å². The van der Waals surface area contributed by atoms with Gasteiger partial charge in [0.15, 0.2) is 11.5 Å². The summed E-state index contributed by atoms with van der Waals surface area (Å²) in [6.07, 6.45) is 1.58. The molecule has 1 N–H and O–H groups in total. The number of rotatable bonds is 5. The van der Waals surface area contributed by atoms with Crippen LogP contribution in [0.5, 0.6) is 11.5 Å². The molecule has 0 aromatic heterocycles. The lowest BCUT2D eigenvalue weighted by atomic mass is 10.2.